The van der Waals surface area contributed by atoms with E-state index in [1.165, 1.54) is 6.92 Å². The molecule has 0 aliphatic rings. The largest absolute Gasteiger partial charge is 0.396 e. The second-order valence-corrected chi connectivity index (χ2v) is 4.64. The first-order valence-corrected chi connectivity index (χ1v) is 6.40. The molecular formula is C15H18N4O. The first-order chi connectivity index (χ1) is 9.56. The Kier molecular flexibility index (Phi) is 4.20. The van der Waals surface area contributed by atoms with Crippen molar-refractivity contribution in [2.45, 2.75) is 19.9 Å². The Morgan fingerprint density at radius 3 is 2.85 bits per heavy atom. The van der Waals surface area contributed by atoms with E-state index in [9.17, 15) is 4.79 Å². The SMILES string of the molecule is CC(=O)Nc1cccc(C(C)Nc2ccncc2N)c1. The molecule has 5 heteroatoms. The van der Waals surface area contributed by atoms with Crippen LogP contribution in [0.1, 0.15) is 25.5 Å². The summed E-state index contributed by atoms with van der Waals surface area (Å²) in [5.74, 6) is -0.0823. The Bertz CT molecular complexity index is 612. The molecule has 0 saturated carbocycles. The van der Waals surface area contributed by atoms with E-state index < -0.39 is 0 Å². The highest BCUT2D eigenvalue weighted by Gasteiger charge is 2.08. The number of hydrogen-bond donors (Lipinski definition) is 3. The topological polar surface area (TPSA) is 80.0 Å². The summed E-state index contributed by atoms with van der Waals surface area (Å²) in [6.07, 6.45) is 3.31. The van der Waals surface area contributed by atoms with Gasteiger partial charge in [0.2, 0.25) is 5.91 Å². The van der Waals surface area contributed by atoms with Crippen LogP contribution < -0.4 is 16.4 Å². The molecule has 0 aliphatic heterocycles. The van der Waals surface area contributed by atoms with E-state index in [4.69, 9.17) is 5.73 Å². The number of nitrogen functional groups attached to an aromatic ring is 1. The Morgan fingerprint density at radius 1 is 1.35 bits per heavy atom. The van der Waals surface area contributed by atoms with Crippen LogP contribution in [0.4, 0.5) is 17.1 Å². The fourth-order valence-electron chi connectivity index (χ4n) is 1.94. The number of nitrogens with one attached hydrogen (secondary N) is 2. The highest BCUT2D eigenvalue weighted by atomic mass is 16.1. The van der Waals surface area contributed by atoms with Crippen molar-refractivity contribution in [1.82, 2.24) is 4.98 Å². The maximum Gasteiger partial charge on any atom is 0.221 e. The molecule has 0 spiro atoms. The van der Waals surface area contributed by atoms with Crippen molar-refractivity contribution >= 4 is 23.0 Å². The average molecular weight is 270 g/mol. The molecule has 1 amide bonds. The van der Waals surface area contributed by atoms with Crippen LogP contribution in [0, 0.1) is 0 Å². The van der Waals surface area contributed by atoms with E-state index >= 15 is 0 Å². The third kappa shape index (κ3) is 3.47. The van der Waals surface area contributed by atoms with Gasteiger partial charge >= 0.3 is 0 Å². The lowest BCUT2D eigenvalue weighted by Crippen LogP contribution is -2.10. The molecule has 1 heterocycles. The van der Waals surface area contributed by atoms with Gasteiger partial charge in [-0.3, -0.25) is 9.78 Å². The molecular weight excluding hydrogens is 252 g/mol. The number of anilines is 3. The van der Waals surface area contributed by atoms with Crippen LogP contribution in [-0.4, -0.2) is 10.9 Å². The van der Waals surface area contributed by atoms with Crippen molar-refractivity contribution in [2.75, 3.05) is 16.4 Å². The highest BCUT2D eigenvalue weighted by molar-refractivity contribution is 5.88. The molecule has 0 radical (unpaired) electrons. The van der Waals surface area contributed by atoms with E-state index in [0.29, 0.717) is 5.69 Å². The summed E-state index contributed by atoms with van der Waals surface area (Å²) >= 11 is 0. The summed E-state index contributed by atoms with van der Waals surface area (Å²) in [4.78, 5) is 15.0. The number of nitrogens with two attached hydrogens (primary N) is 1. The van der Waals surface area contributed by atoms with E-state index in [1.807, 2.05) is 37.3 Å². The highest BCUT2D eigenvalue weighted by Crippen LogP contribution is 2.24. The summed E-state index contributed by atoms with van der Waals surface area (Å²) in [5, 5.41) is 6.10. The molecule has 5 nitrogen and oxygen atoms in total. The molecule has 20 heavy (non-hydrogen) atoms. The van der Waals surface area contributed by atoms with E-state index in [0.717, 1.165) is 16.9 Å². The van der Waals surface area contributed by atoms with Crippen molar-refractivity contribution in [3.63, 3.8) is 0 Å². The van der Waals surface area contributed by atoms with Crippen LogP contribution in [0.3, 0.4) is 0 Å². The zero-order valence-electron chi connectivity index (χ0n) is 11.6. The van der Waals surface area contributed by atoms with Gasteiger partial charge in [-0.25, -0.2) is 0 Å². The second-order valence-electron chi connectivity index (χ2n) is 4.64. The predicted octanol–water partition coefficient (Wildman–Crippen LogP) is 2.80. The Morgan fingerprint density at radius 2 is 2.15 bits per heavy atom. The molecule has 0 fully saturated rings. The van der Waals surface area contributed by atoms with Gasteiger partial charge < -0.3 is 16.4 Å². The lowest BCUT2D eigenvalue weighted by molar-refractivity contribution is -0.114. The van der Waals surface area contributed by atoms with Crippen LogP contribution in [0.25, 0.3) is 0 Å². The molecule has 1 aromatic heterocycles. The maximum absolute atomic E-state index is 11.1. The van der Waals surface area contributed by atoms with Gasteiger partial charge in [-0.2, -0.15) is 0 Å². The van der Waals surface area contributed by atoms with Gasteiger partial charge in [0.15, 0.2) is 0 Å². The quantitative estimate of drug-likeness (QED) is 0.798. The van der Waals surface area contributed by atoms with Crippen molar-refractivity contribution < 1.29 is 4.79 Å². The lowest BCUT2D eigenvalue weighted by atomic mass is 10.1. The molecule has 1 unspecified atom stereocenters. The monoisotopic (exact) mass is 270 g/mol. The van der Waals surface area contributed by atoms with Crippen LogP contribution in [0.5, 0.6) is 0 Å². The molecule has 0 bridgehead atoms. The normalized spacial score (nSPS) is 11.7. The molecule has 2 rings (SSSR count). The Hall–Kier alpha value is -2.56. The first-order valence-electron chi connectivity index (χ1n) is 6.40. The summed E-state index contributed by atoms with van der Waals surface area (Å²) in [6, 6.07) is 9.61. The molecule has 2 aromatic rings. The molecule has 1 aromatic carbocycles. The van der Waals surface area contributed by atoms with Gasteiger partial charge in [0, 0.05) is 24.8 Å². The minimum Gasteiger partial charge on any atom is -0.396 e. The maximum atomic E-state index is 11.1. The van der Waals surface area contributed by atoms with Gasteiger partial charge in [-0.05, 0) is 30.7 Å². The van der Waals surface area contributed by atoms with Gasteiger partial charge in [0.1, 0.15) is 0 Å². The third-order valence-electron chi connectivity index (χ3n) is 2.93. The second kappa shape index (κ2) is 6.06. The van der Waals surface area contributed by atoms with E-state index in [-0.39, 0.29) is 11.9 Å². The average Bonchev–Trinajstić information content (AvgIpc) is 2.41. The molecule has 0 saturated heterocycles. The standard InChI is InChI=1S/C15H18N4O/c1-10(18-15-6-7-17-9-14(15)16)12-4-3-5-13(8-12)19-11(2)20/h3-10H,16H2,1-2H3,(H,17,18)(H,19,20). The fourth-order valence-corrected chi connectivity index (χ4v) is 1.94. The van der Waals surface area contributed by atoms with Gasteiger partial charge in [0.05, 0.1) is 17.6 Å². The molecule has 4 N–H and O–H groups in total. The van der Waals surface area contributed by atoms with Crippen LogP contribution in [0.2, 0.25) is 0 Å². The summed E-state index contributed by atoms with van der Waals surface area (Å²) in [6.45, 7) is 3.53. The zero-order chi connectivity index (χ0) is 14.5. The minimum atomic E-state index is -0.0823. The van der Waals surface area contributed by atoms with Crippen LogP contribution in [0.15, 0.2) is 42.7 Å². The van der Waals surface area contributed by atoms with E-state index in [2.05, 4.69) is 15.6 Å². The predicted molar refractivity (Wildman–Crippen MR) is 81.4 cm³/mol. The van der Waals surface area contributed by atoms with E-state index in [1.54, 1.807) is 12.4 Å². The van der Waals surface area contributed by atoms with Gasteiger partial charge in [-0.15, -0.1) is 0 Å². The van der Waals surface area contributed by atoms with Gasteiger partial charge in [-0.1, -0.05) is 12.1 Å². The third-order valence-corrected chi connectivity index (χ3v) is 2.93. The number of rotatable bonds is 4. The minimum absolute atomic E-state index is 0.0633. The number of amides is 1. The van der Waals surface area contributed by atoms with Gasteiger partial charge in [0.25, 0.3) is 0 Å². The number of aromatic nitrogens is 1. The lowest BCUT2D eigenvalue weighted by Gasteiger charge is -2.17. The number of hydrogen-bond acceptors (Lipinski definition) is 4. The summed E-state index contributed by atoms with van der Waals surface area (Å²) in [7, 11) is 0. The molecule has 1 atom stereocenters. The van der Waals surface area contributed by atoms with Crippen molar-refractivity contribution in [3.8, 4) is 0 Å². The zero-order valence-corrected chi connectivity index (χ0v) is 11.6. The Labute approximate surface area is 118 Å². The molecule has 104 valence electrons. The van der Waals surface area contributed by atoms with Crippen LogP contribution in [-0.2, 0) is 4.79 Å². The Balaban J connectivity index is 2.15. The van der Waals surface area contributed by atoms with Crippen LogP contribution >= 0.6 is 0 Å². The number of nitrogens with zero attached hydrogens (tertiary/aromatic N) is 1. The van der Waals surface area contributed by atoms with Crippen molar-refractivity contribution in [2.24, 2.45) is 0 Å². The summed E-state index contributed by atoms with van der Waals surface area (Å²) in [5.41, 5.74) is 9.16. The first kappa shape index (κ1) is 13.9. The number of pyridine rings is 1. The fraction of sp³-hybridized carbons (Fsp3) is 0.200. The summed E-state index contributed by atoms with van der Waals surface area (Å²) < 4.78 is 0. The molecule has 0 aliphatic carbocycles. The number of carbonyl (C=O) groups excluding carboxylic acids is 1. The van der Waals surface area contributed by atoms with Crippen molar-refractivity contribution in [3.05, 3.63) is 48.3 Å². The smallest absolute Gasteiger partial charge is 0.221 e. The van der Waals surface area contributed by atoms with Crippen molar-refractivity contribution in [1.29, 1.82) is 0 Å². The number of carbonyl (C=O) groups is 1. The number of benzene rings is 1.